The fraction of sp³-hybridized carbons (Fsp3) is 0.579. The van der Waals surface area contributed by atoms with Gasteiger partial charge in [0.25, 0.3) is 0 Å². The van der Waals surface area contributed by atoms with E-state index in [-0.39, 0.29) is 0 Å². The summed E-state index contributed by atoms with van der Waals surface area (Å²) in [5.74, 6) is 0.648. The lowest BCUT2D eigenvalue weighted by atomic mass is 9.74. The van der Waals surface area contributed by atoms with Gasteiger partial charge in [-0.1, -0.05) is 64.5 Å². The molecule has 112 valence electrons. The molecule has 0 aliphatic heterocycles. The van der Waals surface area contributed by atoms with Crippen LogP contribution in [0.15, 0.2) is 36.9 Å². The second-order valence-electron chi connectivity index (χ2n) is 6.70. The number of benzene rings is 1. The van der Waals surface area contributed by atoms with Crippen molar-refractivity contribution in [2.24, 2.45) is 5.41 Å². The van der Waals surface area contributed by atoms with Crippen molar-refractivity contribution in [2.75, 3.05) is 6.54 Å². The first-order chi connectivity index (χ1) is 9.49. The molecule has 1 aromatic rings. The first-order valence-corrected chi connectivity index (χ1v) is 7.89. The first kappa shape index (κ1) is 17.0. The molecular weight excluding hydrogens is 242 g/mol. The Morgan fingerprint density at radius 2 is 1.85 bits per heavy atom. The van der Waals surface area contributed by atoms with E-state index in [0.29, 0.717) is 11.3 Å². The molecule has 1 heteroatoms. The molecule has 1 N–H and O–H groups in total. The zero-order valence-corrected chi connectivity index (χ0v) is 13.7. The molecule has 0 amide bonds. The van der Waals surface area contributed by atoms with Gasteiger partial charge >= 0.3 is 0 Å². The number of hydrogen-bond donors (Lipinski definition) is 1. The van der Waals surface area contributed by atoms with Crippen molar-refractivity contribution in [3.63, 3.8) is 0 Å². The average molecular weight is 273 g/mol. The van der Waals surface area contributed by atoms with Crippen LogP contribution in [0, 0.1) is 5.41 Å². The van der Waals surface area contributed by atoms with Crippen molar-refractivity contribution >= 4 is 0 Å². The lowest BCUT2D eigenvalue weighted by Crippen LogP contribution is -2.18. The maximum atomic E-state index is 3.74. The SMILES string of the molecule is C=CCCNCc1ccc(C(CCC)C(C)(C)C)cc1. The molecule has 0 aliphatic carbocycles. The van der Waals surface area contributed by atoms with E-state index in [1.165, 1.54) is 24.0 Å². The molecular formula is C19H31N. The van der Waals surface area contributed by atoms with Crippen LogP contribution in [-0.2, 0) is 6.54 Å². The monoisotopic (exact) mass is 273 g/mol. The Hall–Kier alpha value is -1.08. The molecule has 20 heavy (non-hydrogen) atoms. The van der Waals surface area contributed by atoms with Crippen LogP contribution in [-0.4, -0.2) is 6.54 Å². The van der Waals surface area contributed by atoms with E-state index < -0.39 is 0 Å². The minimum atomic E-state index is 0.333. The van der Waals surface area contributed by atoms with E-state index in [0.717, 1.165) is 19.5 Å². The van der Waals surface area contributed by atoms with Gasteiger partial charge in [0, 0.05) is 6.54 Å². The molecule has 0 saturated heterocycles. The molecule has 1 nitrogen and oxygen atoms in total. The largest absolute Gasteiger partial charge is 0.312 e. The third-order valence-corrected chi connectivity index (χ3v) is 3.86. The highest BCUT2D eigenvalue weighted by Gasteiger charge is 2.25. The molecule has 0 bridgehead atoms. The lowest BCUT2D eigenvalue weighted by Gasteiger charge is -2.31. The fourth-order valence-electron chi connectivity index (χ4n) is 2.69. The lowest BCUT2D eigenvalue weighted by molar-refractivity contribution is 0.303. The maximum absolute atomic E-state index is 3.74. The molecule has 0 spiro atoms. The molecule has 0 heterocycles. The quantitative estimate of drug-likeness (QED) is 0.502. The van der Waals surface area contributed by atoms with Gasteiger partial charge in [0.1, 0.15) is 0 Å². The summed E-state index contributed by atoms with van der Waals surface area (Å²) < 4.78 is 0. The van der Waals surface area contributed by atoms with Gasteiger partial charge in [-0.2, -0.15) is 0 Å². The van der Waals surface area contributed by atoms with E-state index in [1.807, 2.05) is 6.08 Å². The van der Waals surface area contributed by atoms with Gasteiger partial charge in [0.15, 0.2) is 0 Å². The van der Waals surface area contributed by atoms with Crippen LogP contribution >= 0.6 is 0 Å². The summed E-state index contributed by atoms with van der Waals surface area (Å²) in [4.78, 5) is 0. The minimum Gasteiger partial charge on any atom is -0.312 e. The highest BCUT2D eigenvalue weighted by Crippen LogP contribution is 2.38. The third kappa shape index (κ3) is 5.50. The molecule has 0 saturated carbocycles. The van der Waals surface area contributed by atoms with Crippen LogP contribution in [0.1, 0.15) is 64.0 Å². The van der Waals surface area contributed by atoms with Crippen LogP contribution < -0.4 is 5.32 Å². The maximum Gasteiger partial charge on any atom is 0.0205 e. The first-order valence-electron chi connectivity index (χ1n) is 7.89. The molecule has 0 aliphatic rings. The summed E-state index contributed by atoms with van der Waals surface area (Å²) in [5, 5.41) is 3.44. The zero-order chi connectivity index (χ0) is 15.0. The predicted molar refractivity (Wildman–Crippen MR) is 90.1 cm³/mol. The van der Waals surface area contributed by atoms with Crippen LogP contribution in [0.5, 0.6) is 0 Å². The van der Waals surface area contributed by atoms with Gasteiger partial charge in [-0.15, -0.1) is 6.58 Å². The molecule has 1 unspecified atom stereocenters. The van der Waals surface area contributed by atoms with Gasteiger partial charge in [0.2, 0.25) is 0 Å². The Kier molecular flexibility index (Phi) is 7.01. The third-order valence-electron chi connectivity index (χ3n) is 3.86. The Balaban J connectivity index is 2.66. The van der Waals surface area contributed by atoms with Gasteiger partial charge in [0.05, 0.1) is 0 Å². The minimum absolute atomic E-state index is 0.333. The van der Waals surface area contributed by atoms with E-state index in [9.17, 15) is 0 Å². The second-order valence-corrected chi connectivity index (χ2v) is 6.70. The average Bonchev–Trinajstić information content (AvgIpc) is 2.41. The summed E-state index contributed by atoms with van der Waals surface area (Å²) in [7, 11) is 0. The van der Waals surface area contributed by atoms with Crippen molar-refractivity contribution in [2.45, 2.75) is 59.4 Å². The number of nitrogens with one attached hydrogen (secondary N) is 1. The number of rotatable bonds is 8. The van der Waals surface area contributed by atoms with Crippen LogP contribution in [0.25, 0.3) is 0 Å². The Morgan fingerprint density at radius 1 is 1.20 bits per heavy atom. The summed E-state index contributed by atoms with van der Waals surface area (Å²) in [6.45, 7) is 15.0. The van der Waals surface area contributed by atoms with E-state index >= 15 is 0 Å². The molecule has 1 aromatic carbocycles. The van der Waals surface area contributed by atoms with Crippen LogP contribution in [0.4, 0.5) is 0 Å². The number of hydrogen-bond acceptors (Lipinski definition) is 1. The summed E-state index contributed by atoms with van der Waals surface area (Å²) in [6, 6.07) is 9.17. The highest BCUT2D eigenvalue weighted by atomic mass is 14.8. The molecule has 0 radical (unpaired) electrons. The van der Waals surface area contributed by atoms with Crippen molar-refractivity contribution in [3.8, 4) is 0 Å². The second kappa shape index (κ2) is 8.26. The molecule has 1 atom stereocenters. The van der Waals surface area contributed by atoms with Gasteiger partial charge in [-0.3, -0.25) is 0 Å². The molecule has 1 rings (SSSR count). The van der Waals surface area contributed by atoms with Crippen molar-refractivity contribution in [1.82, 2.24) is 5.32 Å². The smallest absolute Gasteiger partial charge is 0.0205 e. The standard InChI is InChI=1S/C19H31N/c1-6-8-14-20-15-16-10-12-17(13-11-16)18(9-7-2)19(3,4)5/h6,10-13,18,20H,1,7-9,14-15H2,2-5H3. The van der Waals surface area contributed by atoms with Crippen molar-refractivity contribution in [3.05, 3.63) is 48.0 Å². The van der Waals surface area contributed by atoms with Gasteiger partial charge < -0.3 is 5.32 Å². The molecule has 0 fully saturated rings. The predicted octanol–water partition coefficient (Wildman–Crippen LogP) is 5.28. The Morgan fingerprint density at radius 3 is 2.35 bits per heavy atom. The Bertz CT molecular complexity index is 383. The van der Waals surface area contributed by atoms with Crippen LogP contribution in [0.3, 0.4) is 0 Å². The summed E-state index contributed by atoms with van der Waals surface area (Å²) >= 11 is 0. The summed E-state index contributed by atoms with van der Waals surface area (Å²) in [6.07, 6.45) is 5.49. The summed E-state index contributed by atoms with van der Waals surface area (Å²) in [5.41, 5.74) is 3.18. The van der Waals surface area contributed by atoms with E-state index in [1.54, 1.807) is 0 Å². The Labute approximate surface area is 125 Å². The van der Waals surface area contributed by atoms with Gasteiger partial charge in [-0.05, 0) is 41.8 Å². The zero-order valence-electron chi connectivity index (χ0n) is 13.7. The normalized spacial score (nSPS) is 13.2. The van der Waals surface area contributed by atoms with E-state index in [2.05, 4.69) is 63.9 Å². The van der Waals surface area contributed by atoms with E-state index in [4.69, 9.17) is 0 Å². The topological polar surface area (TPSA) is 12.0 Å². The van der Waals surface area contributed by atoms with Crippen LogP contribution in [0.2, 0.25) is 0 Å². The fourth-order valence-corrected chi connectivity index (χ4v) is 2.69. The van der Waals surface area contributed by atoms with Crippen molar-refractivity contribution in [1.29, 1.82) is 0 Å². The van der Waals surface area contributed by atoms with Gasteiger partial charge in [-0.25, -0.2) is 0 Å². The highest BCUT2D eigenvalue weighted by molar-refractivity contribution is 5.26. The molecule has 0 aromatic heterocycles. The van der Waals surface area contributed by atoms with Crippen molar-refractivity contribution < 1.29 is 0 Å².